The molecule has 114 valence electrons. The summed E-state index contributed by atoms with van der Waals surface area (Å²) in [5, 5.41) is 12.0. The molecule has 1 aromatic heterocycles. The Morgan fingerprint density at radius 2 is 2.09 bits per heavy atom. The summed E-state index contributed by atoms with van der Waals surface area (Å²) in [5.41, 5.74) is 0.899. The van der Waals surface area contributed by atoms with Crippen LogP contribution in [-0.2, 0) is 0 Å². The van der Waals surface area contributed by atoms with Gasteiger partial charge in [-0.3, -0.25) is 4.98 Å². The molecular formula is C19H22N2O. The Hall–Kier alpha value is -1.89. The third-order valence-electron chi connectivity index (χ3n) is 4.75. The fraction of sp³-hybridized carbons (Fsp3) is 0.421. The predicted molar refractivity (Wildman–Crippen MR) is 89.4 cm³/mol. The van der Waals surface area contributed by atoms with Crippen molar-refractivity contribution in [1.82, 2.24) is 9.88 Å². The van der Waals surface area contributed by atoms with Crippen molar-refractivity contribution < 1.29 is 5.11 Å². The highest BCUT2D eigenvalue weighted by molar-refractivity contribution is 5.79. The zero-order valence-electron chi connectivity index (χ0n) is 13.4. The molecule has 3 unspecified atom stereocenters. The lowest BCUT2D eigenvalue weighted by atomic mass is 9.79. The van der Waals surface area contributed by atoms with Crippen molar-refractivity contribution >= 4 is 10.9 Å². The number of aromatic nitrogens is 1. The monoisotopic (exact) mass is 294 g/mol. The maximum absolute atomic E-state index is 10.9. The summed E-state index contributed by atoms with van der Waals surface area (Å²) in [6, 6.07) is 10.4. The van der Waals surface area contributed by atoms with E-state index in [1.807, 2.05) is 30.3 Å². The fourth-order valence-electron chi connectivity index (χ4n) is 3.06. The van der Waals surface area contributed by atoms with Gasteiger partial charge in [-0.2, -0.15) is 0 Å². The lowest BCUT2D eigenvalue weighted by Crippen LogP contribution is -2.52. The van der Waals surface area contributed by atoms with Crippen LogP contribution >= 0.6 is 0 Å². The molecule has 0 radical (unpaired) electrons. The number of nitrogens with zero attached hydrogens (tertiary/aromatic N) is 2. The van der Waals surface area contributed by atoms with Gasteiger partial charge in [0, 0.05) is 42.1 Å². The van der Waals surface area contributed by atoms with E-state index < -0.39 is 5.60 Å². The first-order chi connectivity index (χ1) is 10.5. The second-order valence-corrected chi connectivity index (χ2v) is 6.48. The summed E-state index contributed by atoms with van der Waals surface area (Å²) in [6.45, 7) is 5.06. The second-order valence-electron chi connectivity index (χ2n) is 6.48. The van der Waals surface area contributed by atoms with Crippen molar-refractivity contribution in [3.05, 3.63) is 42.1 Å². The quantitative estimate of drug-likeness (QED) is 0.759. The molecule has 3 heteroatoms. The number of rotatable bonds is 0. The van der Waals surface area contributed by atoms with E-state index in [0.717, 1.165) is 23.0 Å². The first kappa shape index (κ1) is 15.0. The number of hydrogen-bond acceptors (Lipinski definition) is 3. The van der Waals surface area contributed by atoms with Crippen LogP contribution in [-0.4, -0.2) is 40.2 Å². The van der Waals surface area contributed by atoms with E-state index in [-0.39, 0.29) is 5.92 Å². The molecule has 0 bridgehead atoms. The molecule has 1 aliphatic rings. The SMILES string of the molecule is CC1CC(O)(C#Cc2cnc3ccccc3c2)C(C)CN1C. The minimum absolute atomic E-state index is 0.134. The Morgan fingerprint density at radius 1 is 1.32 bits per heavy atom. The molecular weight excluding hydrogens is 272 g/mol. The molecule has 1 N–H and O–H groups in total. The van der Waals surface area contributed by atoms with Gasteiger partial charge in [0.2, 0.25) is 0 Å². The molecule has 1 aromatic carbocycles. The first-order valence-electron chi connectivity index (χ1n) is 7.78. The van der Waals surface area contributed by atoms with Gasteiger partial charge in [-0.15, -0.1) is 0 Å². The molecule has 3 rings (SSSR count). The molecule has 2 heterocycles. The van der Waals surface area contributed by atoms with Gasteiger partial charge in [0.05, 0.1) is 5.52 Å². The van der Waals surface area contributed by atoms with E-state index in [0.29, 0.717) is 12.5 Å². The van der Waals surface area contributed by atoms with Crippen LogP contribution in [0.4, 0.5) is 0 Å². The maximum atomic E-state index is 10.9. The number of pyridine rings is 1. The summed E-state index contributed by atoms with van der Waals surface area (Å²) in [5.74, 6) is 6.38. The molecule has 3 nitrogen and oxygen atoms in total. The molecule has 2 aromatic rings. The van der Waals surface area contributed by atoms with Crippen LogP contribution in [0.1, 0.15) is 25.8 Å². The van der Waals surface area contributed by atoms with Gasteiger partial charge in [-0.05, 0) is 26.1 Å². The minimum atomic E-state index is -0.919. The lowest BCUT2D eigenvalue weighted by molar-refractivity contribution is -0.0346. The minimum Gasteiger partial charge on any atom is -0.377 e. The van der Waals surface area contributed by atoms with Gasteiger partial charge >= 0.3 is 0 Å². The van der Waals surface area contributed by atoms with Gasteiger partial charge in [-0.1, -0.05) is 37.0 Å². The molecule has 0 saturated carbocycles. The standard InChI is InChI=1S/C19H22N2O/c1-14-13-21(3)15(2)11-19(14,22)9-8-16-10-17-6-4-5-7-18(17)20-12-16/h4-7,10,12,14-15,22H,11,13H2,1-3H3. The van der Waals surface area contributed by atoms with Crippen LogP contribution in [0.2, 0.25) is 0 Å². The zero-order chi connectivity index (χ0) is 15.7. The Labute approximate surface area is 132 Å². The smallest absolute Gasteiger partial charge is 0.131 e. The Bertz CT molecular complexity index is 746. The van der Waals surface area contributed by atoms with Crippen LogP contribution in [0.3, 0.4) is 0 Å². The van der Waals surface area contributed by atoms with Crippen molar-refractivity contribution in [3.63, 3.8) is 0 Å². The van der Waals surface area contributed by atoms with Crippen LogP contribution in [0.25, 0.3) is 10.9 Å². The molecule has 1 aliphatic heterocycles. The lowest BCUT2D eigenvalue weighted by Gasteiger charge is -2.42. The van der Waals surface area contributed by atoms with E-state index in [1.54, 1.807) is 6.20 Å². The van der Waals surface area contributed by atoms with Crippen molar-refractivity contribution in [2.24, 2.45) is 5.92 Å². The van der Waals surface area contributed by atoms with Gasteiger partial charge in [0.1, 0.15) is 5.60 Å². The molecule has 22 heavy (non-hydrogen) atoms. The van der Waals surface area contributed by atoms with Crippen molar-refractivity contribution in [3.8, 4) is 11.8 Å². The van der Waals surface area contributed by atoms with Crippen LogP contribution in [0.15, 0.2) is 36.5 Å². The van der Waals surface area contributed by atoms with E-state index in [9.17, 15) is 5.11 Å². The Kier molecular flexibility index (Phi) is 3.90. The van der Waals surface area contributed by atoms with Gasteiger partial charge in [0.25, 0.3) is 0 Å². The maximum Gasteiger partial charge on any atom is 0.131 e. The average Bonchev–Trinajstić information content (AvgIpc) is 2.51. The molecule has 3 atom stereocenters. The number of piperidine rings is 1. The van der Waals surface area contributed by atoms with E-state index >= 15 is 0 Å². The van der Waals surface area contributed by atoms with E-state index in [2.05, 4.69) is 42.6 Å². The number of hydrogen-bond donors (Lipinski definition) is 1. The fourth-order valence-corrected chi connectivity index (χ4v) is 3.06. The van der Waals surface area contributed by atoms with E-state index in [1.165, 1.54) is 0 Å². The third-order valence-corrected chi connectivity index (χ3v) is 4.75. The van der Waals surface area contributed by atoms with Gasteiger partial charge in [0.15, 0.2) is 0 Å². The van der Waals surface area contributed by atoms with E-state index in [4.69, 9.17) is 0 Å². The second kappa shape index (κ2) is 5.72. The number of benzene rings is 1. The Balaban J connectivity index is 1.89. The topological polar surface area (TPSA) is 36.4 Å². The average molecular weight is 294 g/mol. The van der Waals surface area contributed by atoms with Crippen LogP contribution in [0.5, 0.6) is 0 Å². The van der Waals surface area contributed by atoms with Gasteiger partial charge < -0.3 is 10.0 Å². The van der Waals surface area contributed by atoms with Crippen molar-refractivity contribution in [1.29, 1.82) is 0 Å². The number of aliphatic hydroxyl groups is 1. The highest BCUT2D eigenvalue weighted by atomic mass is 16.3. The number of likely N-dealkylation sites (tertiary alicyclic amines) is 1. The number of fused-ring (bicyclic) bond motifs is 1. The highest BCUT2D eigenvalue weighted by Gasteiger charge is 2.39. The summed E-state index contributed by atoms with van der Waals surface area (Å²) < 4.78 is 0. The molecule has 1 fully saturated rings. The summed E-state index contributed by atoms with van der Waals surface area (Å²) >= 11 is 0. The Morgan fingerprint density at radius 3 is 2.91 bits per heavy atom. The van der Waals surface area contributed by atoms with Crippen LogP contribution < -0.4 is 0 Å². The molecule has 1 saturated heterocycles. The predicted octanol–water partition coefficient (Wildman–Crippen LogP) is 2.68. The number of para-hydroxylation sites is 1. The van der Waals surface area contributed by atoms with Crippen molar-refractivity contribution in [2.75, 3.05) is 13.6 Å². The molecule has 0 amide bonds. The van der Waals surface area contributed by atoms with Crippen LogP contribution in [0, 0.1) is 17.8 Å². The molecule has 0 spiro atoms. The largest absolute Gasteiger partial charge is 0.377 e. The third kappa shape index (κ3) is 2.85. The van der Waals surface area contributed by atoms with Crippen molar-refractivity contribution in [2.45, 2.75) is 31.9 Å². The summed E-state index contributed by atoms with van der Waals surface area (Å²) in [6.07, 6.45) is 2.46. The molecule has 0 aliphatic carbocycles. The normalized spacial score (nSPS) is 29.1. The zero-order valence-corrected chi connectivity index (χ0v) is 13.4. The van der Waals surface area contributed by atoms with Gasteiger partial charge in [-0.25, -0.2) is 0 Å². The summed E-state index contributed by atoms with van der Waals surface area (Å²) in [7, 11) is 2.10. The highest BCUT2D eigenvalue weighted by Crippen LogP contribution is 2.30. The summed E-state index contributed by atoms with van der Waals surface area (Å²) in [4.78, 5) is 6.70. The first-order valence-corrected chi connectivity index (χ1v) is 7.78.